The van der Waals surface area contributed by atoms with Crippen molar-refractivity contribution in [3.8, 4) is 28.8 Å². The zero-order valence-electron chi connectivity index (χ0n) is 17.6. The Kier molecular flexibility index (Phi) is 6.48. The molecular weight excluding hydrogens is 393 g/mol. The number of aromatic nitrogens is 2. The maximum Gasteiger partial charge on any atom is 0.149 e. The van der Waals surface area contributed by atoms with Gasteiger partial charge in [0.25, 0.3) is 0 Å². The summed E-state index contributed by atoms with van der Waals surface area (Å²) in [5.41, 5.74) is 2.27. The van der Waals surface area contributed by atoms with Crippen LogP contribution in [0.25, 0.3) is 16.9 Å². The van der Waals surface area contributed by atoms with Gasteiger partial charge in [-0.05, 0) is 74.7 Å². The van der Waals surface area contributed by atoms with Gasteiger partial charge in [0.15, 0.2) is 0 Å². The zero-order chi connectivity index (χ0) is 21.6. The number of halogens is 1. The third-order valence-electron chi connectivity index (χ3n) is 5.68. The van der Waals surface area contributed by atoms with Gasteiger partial charge in [-0.2, -0.15) is 5.26 Å². The highest BCUT2D eigenvalue weighted by Crippen LogP contribution is 2.28. The first-order valence-corrected chi connectivity index (χ1v) is 10.6. The maximum absolute atomic E-state index is 14.3. The van der Waals surface area contributed by atoms with Crippen molar-refractivity contribution < 1.29 is 9.13 Å². The number of methoxy groups -OCH3 is 1. The highest BCUT2D eigenvalue weighted by atomic mass is 19.1. The predicted molar refractivity (Wildman–Crippen MR) is 119 cm³/mol. The average molecular weight is 420 g/mol. The lowest BCUT2D eigenvalue weighted by atomic mass is 10.0. The topological polar surface area (TPSA) is 74.9 Å². The number of ether oxygens (including phenoxy) is 1. The monoisotopic (exact) mass is 419 g/mol. The fourth-order valence-electron chi connectivity index (χ4n) is 3.90. The molecule has 4 rings (SSSR count). The standard InChI is InChI=1S/C24H26FN5O/c1-31-21-8-6-20(7-9-21)30-23(18-4-5-19(15-26)22(25)13-18)14-24(29-30)28-16-17-3-2-11-27-12-10-17/h4-9,13-14,17,27H,2-3,10-12,16H2,1H3,(H,28,29)/t17-/m1/s1. The number of nitriles is 1. The summed E-state index contributed by atoms with van der Waals surface area (Å²) < 4.78 is 21.4. The molecule has 7 heteroatoms. The molecule has 0 amide bonds. The second-order valence-corrected chi connectivity index (χ2v) is 7.76. The molecule has 1 atom stereocenters. The molecule has 0 unspecified atom stereocenters. The minimum Gasteiger partial charge on any atom is -0.497 e. The Morgan fingerprint density at radius 1 is 1.19 bits per heavy atom. The molecule has 1 fully saturated rings. The predicted octanol–water partition coefficient (Wildman–Crippen LogP) is 4.36. The van der Waals surface area contributed by atoms with E-state index in [1.54, 1.807) is 17.9 Å². The summed E-state index contributed by atoms with van der Waals surface area (Å²) in [4.78, 5) is 0. The highest BCUT2D eigenvalue weighted by Gasteiger charge is 2.16. The first-order chi connectivity index (χ1) is 15.2. The lowest BCUT2D eigenvalue weighted by Crippen LogP contribution is -2.17. The summed E-state index contributed by atoms with van der Waals surface area (Å²) in [5, 5.41) is 20.7. The molecule has 3 aromatic rings. The van der Waals surface area contributed by atoms with Crippen molar-refractivity contribution in [2.75, 3.05) is 32.1 Å². The number of nitrogens with zero attached hydrogens (tertiary/aromatic N) is 3. The lowest BCUT2D eigenvalue weighted by molar-refractivity contribution is 0.414. The van der Waals surface area contributed by atoms with Gasteiger partial charge in [0, 0.05) is 18.2 Å². The second kappa shape index (κ2) is 9.63. The van der Waals surface area contributed by atoms with Crippen molar-refractivity contribution in [1.82, 2.24) is 15.1 Å². The van der Waals surface area contributed by atoms with E-state index in [1.165, 1.54) is 25.0 Å². The van der Waals surface area contributed by atoms with E-state index in [2.05, 4.69) is 10.6 Å². The van der Waals surface area contributed by atoms with Gasteiger partial charge < -0.3 is 15.4 Å². The van der Waals surface area contributed by atoms with Gasteiger partial charge >= 0.3 is 0 Å². The van der Waals surface area contributed by atoms with Gasteiger partial charge in [-0.1, -0.05) is 6.07 Å². The molecule has 1 aliphatic rings. The lowest BCUT2D eigenvalue weighted by Gasteiger charge is -2.13. The first-order valence-electron chi connectivity index (χ1n) is 10.6. The summed E-state index contributed by atoms with van der Waals surface area (Å²) >= 11 is 0. The van der Waals surface area contributed by atoms with Gasteiger partial charge in [0.1, 0.15) is 23.5 Å². The molecule has 0 bridgehead atoms. The Morgan fingerprint density at radius 3 is 2.77 bits per heavy atom. The van der Waals surface area contributed by atoms with Gasteiger partial charge in [0.05, 0.1) is 24.1 Å². The van der Waals surface area contributed by atoms with Crippen molar-refractivity contribution in [2.45, 2.75) is 19.3 Å². The van der Waals surface area contributed by atoms with E-state index in [0.29, 0.717) is 11.5 Å². The van der Waals surface area contributed by atoms with E-state index in [-0.39, 0.29) is 5.56 Å². The SMILES string of the molecule is COc1ccc(-n2nc(NC[C@@H]3CCCNCC3)cc2-c2ccc(C#N)c(F)c2)cc1. The zero-order valence-corrected chi connectivity index (χ0v) is 17.6. The Balaban J connectivity index is 1.65. The van der Waals surface area contributed by atoms with E-state index in [4.69, 9.17) is 15.1 Å². The number of nitrogens with one attached hydrogen (secondary N) is 2. The maximum atomic E-state index is 14.3. The van der Waals surface area contributed by atoms with Crippen LogP contribution in [-0.2, 0) is 0 Å². The average Bonchev–Trinajstić information content (AvgIpc) is 3.05. The molecule has 0 spiro atoms. The molecule has 0 saturated carbocycles. The molecule has 31 heavy (non-hydrogen) atoms. The molecule has 160 valence electrons. The molecule has 0 aliphatic carbocycles. The van der Waals surface area contributed by atoms with E-state index < -0.39 is 5.82 Å². The smallest absolute Gasteiger partial charge is 0.149 e. The van der Waals surface area contributed by atoms with Crippen molar-refractivity contribution in [1.29, 1.82) is 5.26 Å². The summed E-state index contributed by atoms with van der Waals surface area (Å²) in [6.07, 6.45) is 3.51. The van der Waals surface area contributed by atoms with Crippen LogP contribution in [0.3, 0.4) is 0 Å². The number of anilines is 1. The van der Waals surface area contributed by atoms with Crippen LogP contribution in [0, 0.1) is 23.1 Å². The third-order valence-corrected chi connectivity index (χ3v) is 5.68. The summed E-state index contributed by atoms with van der Waals surface area (Å²) in [6.45, 7) is 2.97. The van der Waals surface area contributed by atoms with Crippen LogP contribution in [-0.4, -0.2) is 36.5 Å². The molecule has 1 aliphatic heterocycles. The second-order valence-electron chi connectivity index (χ2n) is 7.76. The van der Waals surface area contributed by atoms with Crippen LogP contribution in [0.4, 0.5) is 10.2 Å². The Morgan fingerprint density at radius 2 is 2.03 bits per heavy atom. The van der Waals surface area contributed by atoms with Crippen molar-refractivity contribution in [3.63, 3.8) is 0 Å². The summed E-state index contributed by atoms with van der Waals surface area (Å²) in [6, 6.07) is 16.0. The Hall–Kier alpha value is -3.37. The van der Waals surface area contributed by atoms with Crippen LogP contribution >= 0.6 is 0 Å². The molecule has 1 saturated heterocycles. The molecule has 2 heterocycles. The molecule has 6 nitrogen and oxygen atoms in total. The number of rotatable bonds is 6. The van der Waals surface area contributed by atoms with E-state index in [9.17, 15) is 4.39 Å². The van der Waals surface area contributed by atoms with E-state index in [0.717, 1.165) is 49.0 Å². The molecule has 2 N–H and O–H groups in total. The molecule has 0 radical (unpaired) electrons. The van der Waals surface area contributed by atoms with Gasteiger partial charge in [-0.15, -0.1) is 5.10 Å². The summed E-state index contributed by atoms with van der Waals surface area (Å²) in [5.74, 6) is 1.55. The summed E-state index contributed by atoms with van der Waals surface area (Å²) in [7, 11) is 1.62. The van der Waals surface area contributed by atoms with Crippen molar-refractivity contribution in [2.24, 2.45) is 5.92 Å². The van der Waals surface area contributed by atoms with E-state index in [1.807, 2.05) is 36.4 Å². The number of hydrogen-bond donors (Lipinski definition) is 2. The Bertz CT molecular complexity index is 1060. The van der Waals surface area contributed by atoms with Gasteiger partial charge in [0.2, 0.25) is 0 Å². The highest BCUT2D eigenvalue weighted by molar-refractivity contribution is 5.67. The van der Waals surface area contributed by atoms with Crippen LogP contribution < -0.4 is 15.4 Å². The van der Waals surface area contributed by atoms with Crippen molar-refractivity contribution in [3.05, 3.63) is 59.9 Å². The van der Waals surface area contributed by atoms with Gasteiger partial charge in [-0.3, -0.25) is 0 Å². The van der Waals surface area contributed by atoms with Crippen LogP contribution in [0.1, 0.15) is 24.8 Å². The number of benzene rings is 2. The molecule has 1 aromatic heterocycles. The minimum atomic E-state index is -0.539. The fourth-order valence-corrected chi connectivity index (χ4v) is 3.90. The van der Waals surface area contributed by atoms with Gasteiger partial charge in [-0.25, -0.2) is 9.07 Å². The fraction of sp³-hybridized carbons (Fsp3) is 0.333. The van der Waals surface area contributed by atoms with E-state index >= 15 is 0 Å². The molecular formula is C24H26FN5O. The van der Waals surface area contributed by atoms with Crippen LogP contribution in [0.15, 0.2) is 48.5 Å². The first kappa shape index (κ1) is 20.9. The number of hydrogen-bond acceptors (Lipinski definition) is 5. The molecule has 2 aromatic carbocycles. The normalized spacial score (nSPS) is 16.4. The minimum absolute atomic E-state index is 0.0274. The largest absolute Gasteiger partial charge is 0.497 e. The quantitative estimate of drug-likeness (QED) is 0.621. The van der Waals surface area contributed by atoms with Crippen LogP contribution in [0.2, 0.25) is 0 Å². The van der Waals surface area contributed by atoms with Crippen molar-refractivity contribution >= 4 is 5.82 Å². The Labute approximate surface area is 181 Å². The van der Waals surface area contributed by atoms with Crippen LogP contribution in [0.5, 0.6) is 5.75 Å². The third kappa shape index (κ3) is 4.86.